The number of aromatic amines is 1. The van der Waals surface area contributed by atoms with Crippen LogP contribution in [0.1, 0.15) is 24.4 Å². The number of rotatable bonds is 1. The van der Waals surface area contributed by atoms with Crippen molar-refractivity contribution >= 4 is 10.9 Å². The van der Waals surface area contributed by atoms with Crippen LogP contribution in [0.5, 0.6) is 0 Å². The maximum atomic E-state index is 3.54. The van der Waals surface area contributed by atoms with Gasteiger partial charge in [0, 0.05) is 23.1 Å². The highest BCUT2D eigenvalue weighted by molar-refractivity contribution is 5.83. The van der Waals surface area contributed by atoms with E-state index < -0.39 is 0 Å². The van der Waals surface area contributed by atoms with Gasteiger partial charge in [0.15, 0.2) is 0 Å². The average molecular weight is 186 g/mol. The van der Waals surface area contributed by atoms with E-state index in [9.17, 15) is 0 Å². The summed E-state index contributed by atoms with van der Waals surface area (Å²) in [5, 5.41) is 4.91. The van der Waals surface area contributed by atoms with Crippen molar-refractivity contribution in [2.45, 2.75) is 18.9 Å². The largest absolute Gasteiger partial charge is 0.361 e. The SMILES string of the molecule is c1cc([C@H]2CCCN2)c2cc[nH]c2c1. The smallest absolute Gasteiger partial charge is 0.0457 e. The number of nitrogens with one attached hydrogen (secondary N) is 2. The summed E-state index contributed by atoms with van der Waals surface area (Å²) in [6.45, 7) is 1.16. The van der Waals surface area contributed by atoms with Gasteiger partial charge in [0.05, 0.1) is 0 Å². The number of benzene rings is 1. The fourth-order valence-electron chi connectivity index (χ4n) is 2.36. The first kappa shape index (κ1) is 8.06. The van der Waals surface area contributed by atoms with E-state index in [1.165, 1.54) is 29.3 Å². The lowest BCUT2D eigenvalue weighted by atomic mass is 10.0. The van der Waals surface area contributed by atoms with Gasteiger partial charge in [-0.05, 0) is 37.1 Å². The molecule has 0 radical (unpaired) electrons. The van der Waals surface area contributed by atoms with Crippen LogP contribution in [0.3, 0.4) is 0 Å². The van der Waals surface area contributed by atoms with Crippen molar-refractivity contribution in [1.29, 1.82) is 0 Å². The summed E-state index contributed by atoms with van der Waals surface area (Å²) in [4.78, 5) is 3.26. The second-order valence-electron chi connectivity index (χ2n) is 3.94. The first-order chi connectivity index (χ1) is 6.95. The summed E-state index contributed by atoms with van der Waals surface area (Å²) in [5.41, 5.74) is 2.69. The third-order valence-corrected chi connectivity index (χ3v) is 3.06. The van der Waals surface area contributed by atoms with Gasteiger partial charge in [0.2, 0.25) is 0 Å². The van der Waals surface area contributed by atoms with Crippen molar-refractivity contribution in [3.8, 4) is 0 Å². The van der Waals surface area contributed by atoms with Crippen molar-refractivity contribution in [2.75, 3.05) is 6.54 Å². The van der Waals surface area contributed by atoms with Gasteiger partial charge in [0.1, 0.15) is 0 Å². The molecule has 1 aromatic heterocycles. The lowest BCUT2D eigenvalue weighted by Crippen LogP contribution is -2.12. The van der Waals surface area contributed by atoms with Crippen LogP contribution in [-0.4, -0.2) is 11.5 Å². The summed E-state index contributed by atoms with van der Waals surface area (Å²) < 4.78 is 0. The second-order valence-corrected chi connectivity index (χ2v) is 3.94. The normalized spacial score (nSPS) is 21.9. The summed E-state index contributed by atoms with van der Waals surface area (Å²) in [6.07, 6.45) is 4.58. The monoisotopic (exact) mass is 186 g/mol. The Morgan fingerprint density at radius 3 is 3.07 bits per heavy atom. The molecule has 2 heteroatoms. The van der Waals surface area contributed by atoms with E-state index in [1.54, 1.807) is 0 Å². The fraction of sp³-hybridized carbons (Fsp3) is 0.333. The molecule has 2 aromatic rings. The Bertz CT molecular complexity index is 438. The van der Waals surface area contributed by atoms with Crippen LogP contribution in [0.2, 0.25) is 0 Å². The number of hydrogen-bond acceptors (Lipinski definition) is 1. The van der Waals surface area contributed by atoms with E-state index in [-0.39, 0.29) is 0 Å². The van der Waals surface area contributed by atoms with E-state index in [4.69, 9.17) is 0 Å². The summed E-state index contributed by atoms with van der Waals surface area (Å²) >= 11 is 0. The molecular weight excluding hydrogens is 172 g/mol. The topological polar surface area (TPSA) is 27.8 Å². The Labute approximate surface area is 83.3 Å². The van der Waals surface area contributed by atoms with Crippen LogP contribution >= 0.6 is 0 Å². The lowest BCUT2D eigenvalue weighted by Gasteiger charge is -2.11. The highest BCUT2D eigenvalue weighted by atomic mass is 14.9. The molecule has 3 rings (SSSR count). The van der Waals surface area contributed by atoms with Crippen molar-refractivity contribution in [1.82, 2.24) is 10.3 Å². The summed E-state index contributed by atoms with van der Waals surface area (Å²) in [5.74, 6) is 0. The van der Waals surface area contributed by atoms with Crippen molar-refractivity contribution in [2.24, 2.45) is 0 Å². The number of aromatic nitrogens is 1. The minimum absolute atomic E-state index is 0.564. The number of hydrogen-bond donors (Lipinski definition) is 2. The van der Waals surface area contributed by atoms with E-state index in [2.05, 4.69) is 34.6 Å². The summed E-state index contributed by atoms with van der Waals surface area (Å²) in [6, 6.07) is 9.24. The molecular formula is C12H14N2. The van der Waals surface area contributed by atoms with Gasteiger partial charge in [-0.15, -0.1) is 0 Å². The Balaban J connectivity index is 2.14. The standard InChI is InChI=1S/C12H14N2/c1-3-9(12-5-2-7-13-12)10-6-8-14-11(10)4-1/h1,3-4,6,8,12-14H,2,5,7H2/t12-/m1/s1. The van der Waals surface area contributed by atoms with E-state index in [0.717, 1.165) is 6.54 Å². The van der Waals surface area contributed by atoms with Gasteiger partial charge >= 0.3 is 0 Å². The first-order valence-electron chi connectivity index (χ1n) is 5.24. The zero-order chi connectivity index (χ0) is 9.38. The average Bonchev–Trinajstić information content (AvgIpc) is 2.88. The van der Waals surface area contributed by atoms with E-state index >= 15 is 0 Å². The maximum Gasteiger partial charge on any atom is 0.0457 e. The van der Waals surface area contributed by atoms with Gasteiger partial charge in [-0.2, -0.15) is 0 Å². The fourth-order valence-corrected chi connectivity index (χ4v) is 2.36. The van der Waals surface area contributed by atoms with Gasteiger partial charge < -0.3 is 10.3 Å². The van der Waals surface area contributed by atoms with Gasteiger partial charge in [0.25, 0.3) is 0 Å². The number of fused-ring (bicyclic) bond motifs is 1. The third-order valence-electron chi connectivity index (χ3n) is 3.06. The van der Waals surface area contributed by atoms with Crippen LogP contribution < -0.4 is 5.32 Å². The predicted octanol–water partition coefficient (Wildman–Crippen LogP) is 2.59. The Morgan fingerprint density at radius 2 is 2.21 bits per heavy atom. The first-order valence-corrected chi connectivity index (χ1v) is 5.24. The van der Waals surface area contributed by atoms with Crippen molar-refractivity contribution in [3.63, 3.8) is 0 Å². The molecule has 14 heavy (non-hydrogen) atoms. The quantitative estimate of drug-likeness (QED) is 0.704. The number of H-pyrrole nitrogens is 1. The molecule has 0 bridgehead atoms. The molecule has 2 heterocycles. The van der Waals surface area contributed by atoms with Gasteiger partial charge in [-0.3, -0.25) is 0 Å². The molecule has 0 aliphatic carbocycles. The minimum atomic E-state index is 0.564. The highest BCUT2D eigenvalue weighted by Gasteiger charge is 2.17. The van der Waals surface area contributed by atoms with Gasteiger partial charge in [-0.1, -0.05) is 12.1 Å². The minimum Gasteiger partial charge on any atom is -0.361 e. The van der Waals surface area contributed by atoms with Gasteiger partial charge in [-0.25, -0.2) is 0 Å². The van der Waals surface area contributed by atoms with Crippen LogP contribution in [0.15, 0.2) is 30.5 Å². The molecule has 72 valence electrons. The second kappa shape index (κ2) is 3.14. The molecule has 2 nitrogen and oxygen atoms in total. The zero-order valence-corrected chi connectivity index (χ0v) is 8.09. The maximum absolute atomic E-state index is 3.54. The Hall–Kier alpha value is -1.28. The molecule has 1 atom stereocenters. The van der Waals surface area contributed by atoms with Crippen LogP contribution in [-0.2, 0) is 0 Å². The molecule has 0 amide bonds. The molecule has 2 N–H and O–H groups in total. The van der Waals surface area contributed by atoms with Crippen LogP contribution in [0.4, 0.5) is 0 Å². The Kier molecular flexibility index (Phi) is 1.81. The van der Waals surface area contributed by atoms with Crippen LogP contribution in [0, 0.1) is 0 Å². The molecule has 0 unspecified atom stereocenters. The molecule has 1 aliphatic rings. The predicted molar refractivity (Wildman–Crippen MR) is 58.3 cm³/mol. The zero-order valence-electron chi connectivity index (χ0n) is 8.09. The Morgan fingerprint density at radius 1 is 1.21 bits per heavy atom. The molecule has 1 saturated heterocycles. The van der Waals surface area contributed by atoms with Crippen molar-refractivity contribution in [3.05, 3.63) is 36.0 Å². The van der Waals surface area contributed by atoms with Crippen molar-refractivity contribution < 1.29 is 0 Å². The summed E-state index contributed by atoms with van der Waals surface area (Å²) in [7, 11) is 0. The lowest BCUT2D eigenvalue weighted by molar-refractivity contribution is 0.653. The molecule has 0 spiro atoms. The molecule has 0 saturated carbocycles. The molecule has 1 fully saturated rings. The molecule has 1 aliphatic heterocycles. The van der Waals surface area contributed by atoms with E-state index in [1.807, 2.05) is 6.20 Å². The molecule has 1 aromatic carbocycles. The van der Waals surface area contributed by atoms with Crippen LogP contribution in [0.25, 0.3) is 10.9 Å². The van der Waals surface area contributed by atoms with E-state index in [0.29, 0.717) is 6.04 Å². The highest BCUT2D eigenvalue weighted by Crippen LogP contribution is 2.28. The third kappa shape index (κ3) is 1.15.